The summed E-state index contributed by atoms with van der Waals surface area (Å²) in [5.74, 6) is -0.537. The van der Waals surface area contributed by atoms with Gasteiger partial charge in [0, 0.05) is 25.6 Å². The first-order valence-corrected chi connectivity index (χ1v) is 9.97. The standard InChI is InChI=1S/C16H20ClFN2O3S/c17-14-8-12(18)5-6-15(14)24(22,23)19-9-11-7-16(21)20(10-11)13-3-1-2-4-13/h5-6,8,11,13,19H,1-4,7,9-10H2/t11-/m1/s1. The highest BCUT2D eigenvalue weighted by Gasteiger charge is 2.35. The number of hydrogen-bond donors (Lipinski definition) is 1. The average Bonchev–Trinajstić information content (AvgIpc) is 3.14. The Labute approximate surface area is 146 Å². The van der Waals surface area contributed by atoms with E-state index >= 15 is 0 Å². The van der Waals surface area contributed by atoms with E-state index in [1.807, 2.05) is 4.90 Å². The molecule has 1 N–H and O–H groups in total. The van der Waals surface area contributed by atoms with Crippen LogP contribution in [0.4, 0.5) is 4.39 Å². The van der Waals surface area contributed by atoms with Crippen molar-refractivity contribution in [3.63, 3.8) is 0 Å². The predicted molar refractivity (Wildman–Crippen MR) is 88.7 cm³/mol. The second kappa shape index (κ2) is 6.98. The number of amides is 1. The van der Waals surface area contributed by atoms with E-state index in [2.05, 4.69) is 4.72 Å². The zero-order valence-corrected chi connectivity index (χ0v) is 14.7. The highest BCUT2D eigenvalue weighted by atomic mass is 35.5. The van der Waals surface area contributed by atoms with Crippen LogP contribution in [0.2, 0.25) is 5.02 Å². The molecule has 1 aromatic carbocycles. The summed E-state index contributed by atoms with van der Waals surface area (Å²) in [6.45, 7) is 0.758. The van der Waals surface area contributed by atoms with E-state index in [0.29, 0.717) is 19.0 Å². The summed E-state index contributed by atoms with van der Waals surface area (Å²) in [6.07, 6.45) is 4.73. The third kappa shape index (κ3) is 3.73. The molecule has 8 heteroatoms. The minimum Gasteiger partial charge on any atom is -0.339 e. The van der Waals surface area contributed by atoms with E-state index in [4.69, 9.17) is 11.6 Å². The van der Waals surface area contributed by atoms with Crippen LogP contribution in [0.5, 0.6) is 0 Å². The Kier molecular flexibility index (Phi) is 5.13. The lowest BCUT2D eigenvalue weighted by atomic mass is 10.1. The Hall–Kier alpha value is -1.18. The van der Waals surface area contributed by atoms with Crippen LogP contribution in [0.3, 0.4) is 0 Å². The van der Waals surface area contributed by atoms with Crippen LogP contribution >= 0.6 is 11.6 Å². The smallest absolute Gasteiger partial charge is 0.242 e. The molecule has 132 valence electrons. The molecule has 2 aliphatic rings. The molecule has 1 aliphatic heterocycles. The molecular weight excluding hydrogens is 355 g/mol. The first kappa shape index (κ1) is 17.6. The number of hydrogen-bond acceptors (Lipinski definition) is 3. The second-order valence-electron chi connectivity index (χ2n) is 6.48. The van der Waals surface area contributed by atoms with Crippen molar-refractivity contribution in [3.05, 3.63) is 29.0 Å². The van der Waals surface area contributed by atoms with Gasteiger partial charge in [0.1, 0.15) is 10.7 Å². The monoisotopic (exact) mass is 374 g/mol. The molecule has 3 rings (SSSR count). The Morgan fingerprint density at radius 3 is 2.67 bits per heavy atom. The third-order valence-corrected chi connectivity index (χ3v) is 6.66. The van der Waals surface area contributed by atoms with Crippen LogP contribution in [0.25, 0.3) is 0 Å². The van der Waals surface area contributed by atoms with Gasteiger partial charge >= 0.3 is 0 Å². The number of halogens is 2. The lowest BCUT2D eigenvalue weighted by Gasteiger charge is -2.24. The summed E-state index contributed by atoms with van der Waals surface area (Å²) in [7, 11) is -3.83. The van der Waals surface area contributed by atoms with Crippen molar-refractivity contribution < 1.29 is 17.6 Å². The third-order valence-electron chi connectivity index (χ3n) is 4.75. The molecule has 0 bridgehead atoms. The van der Waals surface area contributed by atoms with Gasteiger partial charge in [-0.25, -0.2) is 17.5 Å². The van der Waals surface area contributed by atoms with Gasteiger partial charge in [-0.1, -0.05) is 24.4 Å². The number of rotatable bonds is 5. The van der Waals surface area contributed by atoms with Crippen LogP contribution in [0.15, 0.2) is 23.1 Å². The number of sulfonamides is 1. The largest absolute Gasteiger partial charge is 0.339 e. The normalized spacial score (nSPS) is 22.5. The number of carbonyl (C=O) groups excluding carboxylic acids is 1. The molecule has 1 aromatic rings. The topological polar surface area (TPSA) is 66.5 Å². The van der Waals surface area contributed by atoms with Gasteiger partial charge in [-0.2, -0.15) is 0 Å². The summed E-state index contributed by atoms with van der Waals surface area (Å²) in [5.41, 5.74) is 0. The number of benzene rings is 1. The molecule has 0 unspecified atom stereocenters. The molecule has 1 aliphatic carbocycles. The van der Waals surface area contributed by atoms with Gasteiger partial charge in [-0.05, 0) is 37.0 Å². The molecule has 1 saturated heterocycles. The van der Waals surface area contributed by atoms with E-state index in [1.165, 1.54) is 0 Å². The van der Waals surface area contributed by atoms with Crippen LogP contribution in [-0.4, -0.2) is 38.4 Å². The van der Waals surface area contributed by atoms with Gasteiger partial charge in [-0.3, -0.25) is 4.79 Å². The Morgan fingerprint density at radius 1 is 1.29 bits per heavy atom. The minimum absolute atomic E-state index is 0.0490. The maximum Gasteiger partial charge on any atom is 0.242 e. The Bertz CT molecular complexity index is 735. The van der Waals surface area contributed by atoms with Crippen molar-refractivity contribution >= 4 is 27.5 Å². The lowest BCUT2D eigenvalue weighted by molar-refractivity contribution is -0.129. The summed E-state index contributed by atoms with van der Waals surface area (Å²) < 4.78 is 40.2. The van der Waals surface area contributed by atoms with Gasteiger partial charge in [0.25, 0.3) is 0 Å². The maximum absolute atomic E-state index is 13.1. The van der Waals surface area contributed by atoms with Crippen LogP contribution in [-0.2, 0) is 14.8 Å². The van der Waals surface area contributed by atoms with Crippen molar-refractivity contribution in [2.45, 2.75) is 43.0 Å². The van der Waals surface area contributed by atoms with Gasteiger partial charge < -0.3 is 4.90 Å². The van der Waals surface area contributed by atoms with Crippen LogP contribution in [0.1, 0.15) is 32.1 Å². The quantitative estimate of drug-likeness (QED) is 0.861. The molecule has 0 spiro atoms. The average molecular weight is 375 g/mol. The van der Waals surface area contributed by atoms with Crippen molar-refractivity contribution in [3.8, 4) is 0 Å². The number of nitrogens with zero attached hydrogens (tertiary/aromatic N) is 1. The van der Waals surface area contributed by atoms with Crippen molar-refractivity contribution in [1.82, 2.24) is 9.62 Å². The zero-order chi connectivity index (χ0) is 17.3. The van der Waals surface area contributed by atoms with Gasteiger partial charge in [0.2, 0.25) is 15.9 Å². The van der Waals surface area contributed by atoms with E-state index in [9.17, 15) is 17.6 Å². The number of carbonyl (C=O) groups is 1. The van der Waals surface area contributed by atoms with Gasteiger partial charge in [0.15, 0.2) is 0 Å². The minimum atomic E-state index is -3.83. The molecule has 1 amide bonds. The highest BCUT2D eigenvalue weighted by Crippen LogP contribution is 2.29. The van der Waals surface area contributed by atoms with Crippen LogP contribution < -0.4 is 4.72 Å². The van der Waals surface area contributed by atoms with Crippen molar-refractivity contribution in [2.24, 2.45) is 5.92 Å². The first-order chi connectivity index (χ1) is 11.4. The van der Waals surface area contributed by atoms with Gasteiger partial charge in [0.05, 0.1) is 5.02 Å². The summed E-state index contributed by atoms with van der Waals surface area (Å²) >= 11 is 5.82. The molecule has 0 aromatic heterocycles. The highest BCUT2D eigenvalue weighted by molar-refractivity contribution is 7.89. The number of likely N-dealkylation sites (tertiary alicyclic amines) is 1. The fraction of sp³-hybridized carbons (Fsp3) is 0.562. The molecular formula is C16H20ClFN2O3S. The molecule has 0 radical (unpaired) electrons. The van der Waals surface area contributed by atoms with E-state index in [-0.39, 0.29) is 28.3 Å². The summed E-state index contributed by atoms with van der Waals surface area (Å²) in [6, 6.07) is 3.48. The van der Waals surface area contributed by atoms with Crippen molar-refractivity contribution in [2.75, 3.05) is 13.1 Å². The summed E-state index contributed by atoms with van der Waals surface area (Å²) in [4.78, 5) is 13.9. The van der Waals surface area contributed by atoms with E-state index in [0.717, 1.165) is 43.9 Å². The Morgan fingerprint density at radius 2 is 2.00 bits per heavy atom. The lowest BCUT2D eigenvalue weighted by Crippen LogP contribution is -2.36. The zero-order valence-electron chi connectivity index (χ0n) is 13.2. The SMILES string of the molecule is O=C1C[C@H](CNS(=O)(=O)c2ccc(F)cc2Cl)CN1C1CCCC1. The summed E-state index contributed by atoms with van der Waals surface area (Å²) in [5, 5.41) is -0.155. The second-order valence-corrected chi connectivity index (χ2v) is 8.62. The molecule has 1 heterocycles. The van der Waals surface area contributed by atoms with E-state index in [1.54, 1.807) is 0 Å². The number of nitrogens with one attached hydrogen (secondary N) is 1. The fourth-order valence-electron chi connectivity index (χ4n) is 3.51. The predicted octanol–water partition coefficient (Wildman–Crippen LogP) is 2.55. The molecule has 1 saturated carbocycles. The molecule has 2 fully saturated rings. The molecule has 1 atom stereocenters. The fourth-order valence-corrected chi connectivity index (χ4v) is 5.16. The first-order valence-electron chi connectivity index (χ1n) is 8.11. The molecule has 5 nitrogen and oxygen atoms in total. The Balaban J connectivity index is 1.62. The van der Waals surface area contributed by atoms with Crippen molar-refractivity contribution in [1.29, 1.82) is 0 Å². The molecule has 24 heavy (non-hydrogen) atoms. The van der Waals surface area contributed by atoms with E-state index < -0.39 is 15.8 Å². The van der Waals surface area contributed by atoms with Gasteiger partial charge in [-0.15, -0.1) is 0 Å². The maximum atomic E-state index is 13.1. The van der Waals surface area contributed by atoms with Crippen LogP contribution in [0, 0.1) is 11.7 Å².